The smallest absolute Gasteiger partial charge is 0.155 e. The molecule has 2 aromatic carbocycles. The van der Waals surface area contributed by atoms with Gasteiger partial charge in [0.2, 0.25) is 0 Å². The second kappa shape index (κ2) is 7.59. The Balaban J connectivity index is 1.80. The van der Waals surface area contributed by atoms with Crippen molar-refractivity contribution in [3.8, 4) is 11.5 Å². The van der Waals surface area contributed by atoms with E-state index < -0.39 is 0 Å². The standard InChI is InChI=1S/C25H22N4O/c1-3-29(4-2)18-9-10-21-23(15-18)30-24-16-22(27-17-11-13-26-14-12-17)19-7-5-6-8-20(19)25(24)28-21/h5-16H,3-4H2,1-2H3/b27-22-. The zero-order chi connectivity index (χ0) is 20.5. The Morgan fingerprint density at radius 1 is 0.900 bits per heavy atom. The summed E-state index contributed by atoms with van der Waals surface area (Å²) in [5.74, 6) is 0.728. The largest absolute Gasteiger partial charge is 0.453 e. The Morgan fingerprint density at radius 3 is 2.43 bits per heavy atom. The summed E-state index contributed by atoms with van der Waals surface area (Å²) < 4.78 is 6.35. The van der Waals surface area contributed by atoms with Crippen molar-refractivity contribution in [1.29, 1.82) is 0 Å². The molecule has 1 aromatic heterocycles. The third-order valence-electron chi connectivity index (χ3n) is 5.40. The summed E-state index contributed by atoms with van der Waals surface area (Å²) in [5, 5.41) is 2.93. The predicted molar refractivity (Wildman–Crippen MR) is 121 cm³/mol. The molecule has 0 spiro atoms. The van der Waals surface area contributed by atoms with Crippen molar-refractivity contribution in [2.45, 2.75) is 13.8 Å². The van der Waals surface area contributed by atoms with Crippen LogP contribution in [0.3, 0.4) is 0 Å². The highest BCUT2D eigenvalue weighted by Gasteiger charge is 2.15. The van der Waals surface area contributed by atoms with E-state index in [0.717, 1.165) is 63.1 Å². The molecular formula is C25H22N4O. The first kappa shape index (κ1) is 18.3. The van der Waals surface area contributed by atoms with Crippen LogP contribution in [0.5, 0.6) is 0 Å². The van der Waals surface area contributed by atoms with Crippen LogP contribution >= 0.6 is 0 Å². The zero-order valence-electron chi connectivity index (χ0n) is 17.0. The number of anilines is 1. The Hall–Kier alpha value is -3.73. The van der Waals surface area contributed by atoms with E-state index in [4.69, 9.17) is 14.4 Å². The quantitative estimate of drug-likeness (QED) is 0.296. The van der Waals surface area contributed by atoms with Crippen molar-refractivity contribution >= 4 is 33.2 Å². The molecule has 0 unspecified atom stereocenters. The van der Waals surface area contributed by atoms with E-state index in [2.05, 4.69) is 48.0 Å². The maximum absolute atomic E-state index is 6.35. The average molecular weight is 394 g/mol. The van der Waals surface area contributed by atoms with Crippen molar-refractivity contribution in [3.63, 3.8) is 0 Å². The van der Waals surface area contributed by atoms with Gasteiger partial charge in [0.25, 0.3) is 0 Å². The van der Waals surface area contributed by atoms with Crippen LogP contribution in [0.1, 0.15) is 13.8 Å². The number of fused-ring (bicyclic) bond motifs is 4. The van der Waals surface area contributed by atoms with Crippen molar-refractivity contribution in [2.24, 2.45) is 4.99 Å². The second-order valence-electron chi connectivity index (χ2n) is 7.14. The summed E-state index contributed by atoms with van der Waals surface area (Å²) in [6, 6.07) is 20.2. The van der Waals surface area contributed by atoms with Gasteiger partial charge in [0.05, 0.1) is 11.0 Å². The SMILES string of the molecule is CCN(CC)c1ccc2nc3c4ccccc4/c(=N\c4ccncc4)cc-3oc2c1. The lowest BCUT2D eigenvalue weighted by atomic mass is 10.0. The lowest BCUT2D eigenvalue weighted by Crippen LogP contribution is -2.21. The van der Waals surface area contributed by atoms with Crippen LogP contribution < -0.4 is 10.3 Å². The molecule has 1 aliphatic heterocycles. The normalized spacial score (nSPS) is 12.1. The summed E-state index contributed by atoms with van der Waals surface area (Å²) in [6.45, 7) is 6.20. The number of pyridine rings is 1. The first-order valence-corrected chi connectivity index (χ1v) is 10.2. The molecule has 0 saturated carbocycles. The van der Waals surface area contributed by atoms with Gasteiger partial charge in [-0.1, -0.05) is 24.3 Å². The Labute approximate surface area is 174 Å². The van der Waals surface area contributed by atoms with Crippen molar-refractivity contribution in [1.82, 2.24) is 9.97 Å². The zero-order valence-corrected chi connectivity index (χ0v) is 17.0. The highest BCUT2D eigenvalue weighted by atomic mass is 16.3. The fourth-order valence-electron chi connectivity index (χ4n) is 3.86. The van der Waals surface area contributed by atoms with Gasteiger partial charge in [-0.25, -0.2) is 9.98 Å². The molecular weight excluding hydrogens is 372 g/mol. The van der Waals surface area contributed by atoms with Crippen molar-refractivity contribution in [2.75, 3.05) is 18.0 Å². The number of rotatable bonds is 4. The first-order chi connectivity index (χ1) is 14.8. The molecule has 0 bridgehead atoms. The topological polar surface area (TPSA) is 54.5 Å². The molecule has 0 fully saturated rings. The van der Waals surface area contributed by atoms with E-state index in [1.807, 2.05) is 36.4 Å². The fraction of sp³-hybridized carbons (Fsp3) is 0.160. The van der Waals surface area contributed by atoms with Gasteiger partial charge in [-0.2, -0.15) is 0 Å². The highest BCUT2D eigenvalue weighted by molar-refractivity contribution is 5.96. The second-order valence-corrected chi connectivity index (χ2v) is 7.14. The molecule has 5 rings (SSSR count). The van der Waals surface area contributed by atoms with Gasteiger partial charge < -0.3 is 9.32 Å². The molecule has 2 aliphatic rings. The van der Waals surface area contributed by atoms with Crippen molar-refractivity contribution in [3.05, 3.63) is 78.4 Å². The molecule has 148 valence electrons. The first-order valence-electron chi connectivity index (χ1n) is 10.2. The van der Waals surface area contributed by atoms with E-state index in [1.165, 1.54) is 0 Å². The summed E-state index contributed by atoms with van der Waals surface area (Å²) >= 11 is 0. The predicted octanol–water partition coefficient (Wildman–Crippen LogP) is 5.56. The Morgan fingerprint density at radius 2 is 1.67 bits per heavy atom. The van der Waals surface area contributed by atoms with Gasteiger partial charge in [-0.15, -0.1) is 0 Å². The van der Waals surface area contributed by atoms with Gasteiger partial charge >= 0.3 is 0 Å². The molecule has 1 aliphatic carbocycles. The van der Waals surface area contributed by atoms with Crippen LogP contribution in [-0.4, -0.2) is 23.1 Å². The molecule has 5 nitrogen and oxygen atoms in total. The lowest BCUT2D eigenvalue weighted by molar-refractivity contribution is 0.613. The minimum atomic E-state index is 0.728. The summed E-state index contributed by atoms with van der Waals surface area (Å²) in [7, 11) is 0. The molecule has 0 amide bonds. The number of nitrogens with zero attached hydrogens (tertiary/aromatic N) is 4. The number of hydrogen-bond donors (Lipinski definition) is 0. The molecule has 3 aromatic rings. The van der Waals surface area contributed by atoms with Gasteiger partial charge in [0.15, 0.2) is 11.3 Å². The molecule has 30 heavy (non-hydrogen) atoms. The van der Waals surface area contributed by atoms with E-state index in [9.17, 15) is 0 Å². The van der Waals surface area contributed by atoms with E-state index in [1.54, 1.807) is 12.4 Å². The van der Waals surface area contributed by atoms with Gasteiger partial charge in [0, 0.05) is 54.1 Å². The maximum atomic E-state index is 6.35. The van der Waals surface area contributed by atoms with Crippen LogP contribution in [-0.2, 0) is 0 Å². The highest BCUT2D eigenvalue weighted by Crippen LogP contribution is 2.31. The van der Waals surface area contributed by atoms with Crippen LogP contribution in [0.2, 0.25) is 0 Å². The number of benzene rings is 3. The summed E-state index contributed by atoms with van der Waals surface area (Å²) in [6.07, 6.45) is 3.49. The average Bonchev–Trinajstić information content (AvgIpc) is 2.79. The van der Waals surface area contributed by atoms with Crippen LogP contribution in [0.4, 0.5) is 11.4 Å². The van der Waals surface area contributed by atoms with Gasteiger partial charge in [-0.05, 0) is 38.1 Å². The minimum Gasteiger partial charge on any atom is -0.453 e. The van der Waals surface area contributed by atoms with Gasteiger partial charge in [0.1, 0.15) is 11.2 Å². The minimum absolute atomic E-state index is 0.728. The molecule has 5 heteroatoms. The molecule has 0 radical (unpaired) electrons. The molecule has 0 atom stereocenters. The number of aromatic nitrogens is 2. The fourth-order valence-corrected chi connectivity index (χ4v) is 3.86. The number of hydrogen-bond acceptors (Lipinski definition) is 5. The molecule has 0 saturated heterocycles. The maximum Gasteiger partial charge on any atom is 0.155 e. The summed E-state index contributed by atoms with van der Waals surface area (Å²) in [5.41, 5.74) is 4.47. The van der Waals surface area contributed by atoms with Crippen LogP contribution in [0, 0.1) is 0 Å². The molecule has 2 heterocycles. The Kier molecular flexibility index (Phi) is 4.64. The van der Waals surface area contributed by atoms with E-state index in [-0.39, 0.29) is 0 Å². The lowest BCUT2D eigenvalue weighted by Gasteiger charge is -2.21. The third kappa shape index (κ3) is 3.18. The third-order valence-corrected chi connectivity index (χ3v) is 5.40. The van der Waals surface area contributed by atoms with Crippen LogP contribution in [0.15, 0.2) is 82.5 Å². The van der Waals surface area contributed by atoms with E-state index in [0.29, 0.717) is 0 Å². The van der Waals surface area contributed by atoms with Crippen LogP contribution in [0.25, 0.3) is 33.3 Å². The van der Waals surface area contributed by atoms with Crippen molar-refractivity contribution < 1.29 is 4.42 Å². The van der Waals surface area contributed by atoms with Gasteiger partial charge in [-0.3, -0.25) is 4.98 Å². The Bertz CT molecular complexity index is 1370. The summed E-state index contributed by atoms with van der Waals surface area (Å²) in [4.78, 5) is 16.2. The molecule has 0 N–H and O–H groups in total. The van der Waals surface area contributed by atoms with E-state index >= 15 is 0 Å². The monoisotopic (exact) mass is 394 g/mol.